The highest BCUT2D eigenvalue weighted by Crippen LogP contribution is 2.24. The summed E-state index contributed by atoms with van der Waals surface area (Å²) in [5.74, 6) is -0.547. The molecule has 1 amide bonds. The van der Waals surface area contributed by atoms with Crippen molar-refractivity contribution in [2.75, 3.05) is 48.2 Å². The van der Waals surface area contributed by atoms with Crippen LogP contribution in [0.4, 0.5) is 15.8 Å². The van der Waals surface area contributed by atoms with E-state index in [2.05, 4.69) is 0 Å². The molecule has 1 fully saturated rings. The predicted molar refractivity (Wildman–Crippen MR) is 113 cm³/mol. The second-order valence-electron chi connectivity index (χ2n) is 7.38. The summed E-state index contributed by atoms with van der Waals surface area (Å²) in [4.78, 5) is 16.4. The number of anilines is 2. The number of piperazine rings is 1. The van der Waals surface area contributed by atoms with Crippen molar-refractivity contribution in [2.24, 2.45) is 0 Å². The number of aryl methyl sites for hydroxylation is 2. The van der Waals surface area contributed by atoms with Crippen molar-refractivity contribution in [3.63, 3.8) is 0 Å². The Hall–Kier alpha value is -2.61. The van der Waals surface area contributed by atoms with Crippen LogP contribution in [0.5, 0.6) is 0 Å². The zero-order valence-corrected chi connectivity index (χ0v) is 17.7. The van der Waals surface area contributed by atoms with Crippen LogP contribution in [0.15, 0.2) is 42.5 Å². The summed E-state index contributed by atoms with van der Waals surface area (Å²) >= 11 is 0. The van der Waals surface area contributed by atoms with E-state index in [1.165, 1.54) is 6.07 Å². The van der Waals surface area contributed by atoms with Crippen LogP contribution in [0.3, 0.4) is 0 Å². The molecular weight excluding hydrogens is 393 g/mol. The number of carbonyl (C=O) groups excluding carboxylic acids is 1. The number of sulfonamides is 1. The molecular formula is C21H26FN3O3S. The summed E-state index contributed by atoms with van der Waals surface area (Å²) in [5, 5.41) is 0. The molecule has 29 heavy (non-hydrogen) atoms. The predicted octanol–water partition coefficient (Wildman–Crippen LogP) is 2.56. The van der Waals surface area contributed by atoms with Gasteiger partial charge >= 0.3 is 0 Å². The first kappa shape index (κ1) is 21.1. The van der Waals surface area contributed by atoms with Gasteiger partial charge < -0.3 is 9.80 Å². The van der Waals surface area contributed by atoms with Crippen LogP contribution < -0.4 is 9.21 Å². The van der Waals surface area contributed by atoms with Gasteiger partial charge in [-0.3, -0.25) is 9.10 Å². The van der Waals surface area contributed by atoms with Crippen molar-refractivity contribution in [1.82, 2.24) is 4.90 Å². The molecule has 0 atom stereocenters. The molecule has 0 radical (unpaired) electrons. The molecule has 1 heterocycles. The van der Waals surface area contributed by atoms with Crippen molar-refractivity contribution in [3.05, 3.63) is 59.4 Å². The summed E-state index contributed by atoms with van der Waals surface area (Å²) in [6.45, 7) is 5.34. The summed E-state index contributed by atoms with van der Waals surface area (Å²) in [7, 11) is -3.62. The average molecular weight is 420 g/mol. The van der Waals surface area contributed by atoms with Gasteiger partial charge in [-0.25, -0.2) is 12.8 Å². The van der Waals surface area contributed by atoms with Gasteiger partial charge in [-0.2, -0.15) is 0 Å². The maximum atomic E-state index is 14.0. The van der Waals surface area contributed by atoms with E-state index in [1.807, 2.05) is 30.9 Å². The van der Waals surface area contributed by atoms with Crippen molar-refractivity contribution < 1.29 is 17.6 Å². The molecule has 1 saturated heterocycles. The van der Waals surface area contributed by atoms with E-state index in [4.69, 9.17) is 0 Å². The van der Waals surface area contributed by atoms with Crippen LogP contribution in [0.1, 0.15) is 11.1 Å². The first-order valence-corrected chi connectivity index (χ1v) is 11.3. The van der Waals surface area contributed by atoms with E-state index in [0.29, 0.717) is 37.6 Å². The van der Waals surface area contributed by atoms with Gasteiger partial charge in [0, 0.05) is 26.2 Å². The normalized spacial score (nSPS) is 14.8. The fraction of sp³-hybridized carbons (Fsp3) is 0.381. The number of halogens is 1. The Kier molecular flexibility index (Phi) is 6.12. The first-order chi connectivity index (χ1) is 13.7. The Morgan fingerprint density at radius 2 is 1.72 bits per heavy atom. The minimum absolute atomic E-state index is 0.248. The van der Waals surface area contributed by atoms with E-state index < -0.39 is 10.0 Å². The van der Waals surface area contributed by atoms with Crippen molar-refractivity contribution in [1.29, 1.82) is 0 Å². The lowest BCUT2D eigenvalue weighted by Gasteiger charge is -2.37. The number of rotatable bonds is 5. The zero-order chi connectivity index (χ0) is 21.2. The van der Waals surface area contributed by atoms with Crippen LogP contribution in [0.25, 0.3) is 0 Å². The monoisotopic (exact) mass is 419 g/mol. The number of para-hydroxylation sites is 1. The second kappa shape index (κ2) is 8.41. The van der Waals surface area contributed by atoms with Crippen molar-refractivity contribution in [3.8, 4) is 0 Å². The number of nitrogens with zero attached hydrogens (tertiary/aromatic N) is 3. The van der Waals surface area contributed by atoms with E-state index in [1.54, 1.807) is 29.2 Å². The summed E-state index contributed by atoms with van der Waals surface area (Å²) in [6, 6.07) is 12.0. The van der Waals surface area contributed by atoms with Crippen LogP contribution in [-0.4, -0.2) is 58.2 Å². The second-order valence-corrected chi connectivity index (χ2v) is 9.29. The van der Waals surface area contributed by atoms with E-state index in [-0.39, 0.29) is 18.3 Å². The smallest absolute Gasteiger partial charge is 0.243 e. The largest absolute Gasteiger partial charge is 0.366 e. The summed E-state index contributed by atoms with van der Waals surface area (Å²) in [6.07, 6.45) is 1.11. The highest BCUT2D eigenvalue weighted by Gasteiger charge is 2.28. The Morgan fingerprint density at radius 3 is 2.31 bits per heavy atom. The van der Waals surface area contributed by atoms with Crippen molar-refractivity contribution in [2.45, 2.75) is 13.8 Å². The van der Waals surface area contributed by atoms with Crippen LogP contribution >= 0.6 is 0 Å². The van der Waals surface area contributed by atoms with Gasteiger partial charge in [0.05, 0.1) is 17.6 Å². The highest BCUT2D eigenvalue weighted by atomic mass is 32.2. The van der Waals surface area contributed by atoms with Gasteiger partial charge in [0.1, 0.15) is 12.4 Å². The Morgan fingerprint density at radius 1 is 1.07 bits per heavy atom. The number of amides is 1. The topological polar surface area (TPSA) is 60.9 Å². The molecule has 1 aliphatic rings. The fourth-order valence-electron chi connectivity index (χ4n) is 3.59. The summed E-state index contributed by atoms with van der Waals surface area (Å²) < 4.78 is 39.9. The quantitative estimate of drug-likeness (QED) is 0.747. The standard InChI is InChI=1S/C21H26FN3O3S/c1-16-8-9-19(17(2)14-16)25(29(3,27)28)15-21(26)24-12-10-23(11-13-24)20-7-5-4-6-18(20)22/h4-9,14H,10-13,15H2,1-3H3. The van der Waals surface area contributed by atoms with Crippen LogP contribution in [0, 0.1) is 19.7 Å². The number of hydrogen-bond donors (Lipinski definition) is 0. The molecule has 0 saturated carbocycles. The lowest BCUT2D eigenvalue weighted by Crippen LogP contribution is -2.52. The van der Waals surface area contributed by atoms with Gasteiger partial charge in [-0.1, -0.05) is 29.8 Å². The lowest BCUT2D eigenvalue weighted by molar-refractivity contribution is -0.129. The molecule has 0 N–H and O–H groups in total. The molecule has 0 bridgehead atoms. The third kappa shape index (κ3) is 4.87. The summed E-state index contributed by atoms with van der Waals surface area (Å²) in [5.41, 5.74) is 2.85. The minimum atomic E-state index is -3.62. The average Bonchev–Trinajstić information content (AvgIpc) is 2.66. The molecule has 0 aromatic heterocycles. The third-order valence-corrected chi connectivity index (χ3v) is 6.25. The molecule has 0 unspecified atom stereocenters. The van der Waals surface area contributed by atoms with Crippen molar-refractivity contribution >= 4 is 27.3 Å². The van der Waals surface area contributed by atoms with Gasteiger partial charge in [0.25, 0.3) is 0 Å². The zero-order valence-electron chi connectivity index (χ0n) is 16.9. The van der Waals surface area contributed by atoms with Gasteiger partial charge in [-0.05, 0) is 37.6 Å². The van der Waals surface area contributed by atoms with Crippen LogP contribution in [-0.2, 0) is 14.8 Å². The lowest BCUT2D eigenvalue weighted by atomic mass is 10.1. The molecule has 2 aromatic rings. The van der Waals surface area contributed by atoms with Gasteiger partial charge in [-0.15, -0.1) is 0 Å². The Labute approximate surface area is 171 Å². The molecule has 2 aromatic carbocycles. The minimum Gasteiger partial charge on any atom is -0.366 e. The van der Waals surface area contributed by atoms with Gasteiger partial charge in [0.15, 0.2) is 0 Å². The van der Waals surface area contributed by atoms with Crippen LogP contribution in [0.2, 0.25) is 0 Å². The number of hydrogen-bond acceptors (Lipinski definition) is 4. The number of benzene rings is 2. The first-order valence-electron chi connectivity index (χ1n) is 9.49. The third-order valence-electron chi connectivity index (χ3n) is 5.13. The molecule has 156 valence electrons. The molecule has 8 heteroatoms. The molecule has 3 rings (SSSR count). The maximum absolute atomic E-state index is 14.0. The molecule has 1 aliphatic heterocycles. The van der Waals surface area contributed by atoms with E-state index in [0.717, 1.165) is 21.7 Å². The highest BCUT2D eigenvalue weighted by molar-refractivity contribution is 7.92. The SMILES string of the molecule is Cc1ccc(N(CC(=O)N2CCN(c3ccccc3F)CC2)S(C)(=O)=O)c(C)c1. The maximum Gasteiger partial charge on any atom is 0.243 e. The number of carbonyl (C=O) groups is 1. The fourth-order valence-corrected chi connectivity index (χ4v) is 4.50. The van der Waals surface area contributed by atoms with E-state index in [9.17, 15) is 17.6 Å². The van der Waals surface area contributed by atoms with E-state index >= 15 is 0 Å². The van der Waals surface area contributed by atoms with Gasteiger partial charge in [0.2, 0.25) is 15.9 Å². The molecule has 0 aliphatic carbocycles. The molecule has 0 spiro atoms. The Balaban J connectivity index is 1.71. The molecule has 6 nitrogen and oxygen atoms in total. The Bertz CT molecular complexity index is 1000.